The molecule has 21 heavy (non-hydrogen) atoms. The van der Waals surface area contributed by atoms with Gasteiger partial charge in [0.1, 0.15) is 11.4 Å². The number of likely N-dealkylation sites (tertiary alicyclic amines) is 1. The van der Waals surface area contributed by atoms with Crippen molar-refractivity contribution in [1.29, 1.82) is 0 Å². The third-order valence-corrected chi connectivity index (χ3v) is 4.21. The number of carboxylic acids is 1. The summed E-state index contributed by atoms with van der Waals surface area (Å²) in [4.78, 5) is 16.2. The first-order chi connectivity index (χ1) is 10.1. The summed E-state index contributed by atoms with van der Waals surface area (Å²) < 4.78 is 5.81. The van der Waals surface area contributed by atoms with Crippen LogP contribution in [0, 0.1) is 0 Å². The summed E-state index contributed by atoms with van der Waals surface area (Å²) in [6.07, 6.45) is 3.55. The summed E-state index contributed by atoms with van der Waals surface area (Å²) in [6.45, 7) is 1.87. The topological polar surface area (TPSA) is 65.6 Å². The molecule has 1 aliphatic heterocycles. The number of aromatic nitrogens is 1. The van der Waals surface area contributed by atoms with Crippen molar-refractivity contribution in [3.8, 4) is 5.75 Å². The van der Waals surface area contributed by atoms with Gasteiger partial charge in [-0.25, -0.2) is 4.79 Å². The summed E-state index contributed by atoms with van der Waals surface area (Å²) in [5.74, 6) is -0.156. The van der Waals surface area contributed by atoms with Gasteiger partial charge in [-0.1, -0.05) is 0 Å². The van der Waals surface area contributed by atoms with Crippen molar-refractivity contribution in [3.05, 3.63) is 30.0 Å². The van der Waals surface area contributed by atoms with E-state index in [0.717, 1.165) is 23.1 Å². The number of H-pyrrole nitrogens is 1. The summed E-state index contributed by atoms with van der Waals surface area (Å²) >= 11 is 0. The zero-order valence-electron chi connectivity index (χ0n) is 12.1. The number of hydrogen-bond acceptors (Lipinski definition) is 3. The minimum absolute atomic E-state index is 0.203. The third-order valence-electron chi connectivity index (χ3n) is 4.21. The largest absolute Gasteiger partial charge is 0.494 e. The molecular weight excluding hydrogens is 268 g/mol. The number of carboxylic acid groups (broad SMARTS) is 1. The average molecular weight is 288 g/mol. The fraction of sp³-hybridized carbons (Fsp3) is 0.438. The summed E-state index contributed by atoms with van der Waals surface area (Å²) in [7, 11) is 2.16. The van der Waals surface area contributed by atoms with Crippen LogP contribution in [0.5, 0.6) is 5.75 Å². The van der Waals surface area contributed by atoms with Gasteiger partial charge in [-0.15, -0.1) is 0 Å². The average Bonchev–Trinajstić information content (AvgIpc) is 3.05. The number of aromatic carboxylic acids is 1. The molecule has 1 aromatic carbocycles. The van der Waals surface area contributed by atoms with Crippen LogP contribution in [0.1, 0.15) is 29.8 Å². The molecule has 0 saturated carbocycles. The van der Waals surface area contributed by atoms with Gasteiger partial charge in [-0.2, -0.15) is 0 Å². The second-order valence-electron chi connectivity index (χ2n) is 5.65. The van der Waals surface area contributed by atoms with Crippen molar-refractivity contribution < 1.29 is 14.6 Å². The maximum absolute atomic E-state index is 10.9. The van der Waals surface area contributed by atoms with Gasteiger partial charge in [-0.05, 0) is 57.1 Å². The third kappa shape index (κ3) is 3.03. The van der Waals surface area contributed by atoms with Crippen LogP contribution in [0.3, 0.4) is 0 Å². The number of ether oxygens (including phenoxy) is 1. The summed E-state index contributed by atoms with van der Waals surface area (Å²) in [5.41, 5.74) is 1.02. The molecule has 3 rings (SSSR count). The predicted octanol–water partition coefficient (Wildman–Crippen LogP) is 2.73. The molecule has 0 amide bonds. The van der Waals surface area contributed by atoms with Crippen LogP contribution in [-0.2, 0) is 0 Å². The molecule has 0 aliphatic carbocycles. The Morgan fingerprint density at radius 3 is 3.05 bits per heavy atom. The number of nitrogens with one attached hydrogen (secondary N) is 1. The Morgan fingerprint density at radius 1 is 1.48 bits per heavy atom. The fourth-order valence-corrected chi connectivity index (χ4v) is 2.97. The zero-order chi connectivity index (χ0) is 14.8. The maximum atomic E-state index is 10.9. The van der Waals surface area contributed by atoms with Gasteiger partial charge < -0.3 is 19.7 Å². The molecule has 1 aromatic heterocycles. The molecule has 5 heteroatoms. The Hall–Kier alpha value is -2.01. The van der Waals surface area contributed by atoms with E-state index in [-0.39, 0.29) is 5.69 Å². The molecule has 0 spiro atoms. The fourth-order valence-electron chi connectivity index (χ4n) is 2.97. The van der Waals surface area contributed by atoms with Gasteiger partial charge in [-0.3, -0.25) is 0 Å². The molecule has 1 saturated heterocycles. The highest BCUT2D eigenvalue weighted by Gasteiger charge is 2.20. The lowest BCUT2D eigenvalue weighted by molar-refractivity contribution is 0.0691. The Kier molecular flexibility index (Phi) is 3.84. The Bertz CT molecular complexity index is 650. The maximum Gasteiger partial charge on any atom is 0.352 e. The first-order valence-corrected chi connectivity index (χ1v) is 7.32. The van der Waals surface area contributed by atoms with E-state index in [2.05, 4.69) is 16.9 Å². The first kappa shape index (κ1) is 13.9. The van der Waals surface area contributed by atoms with Crippen molar-refractivity contribution in [1.82, 2.24) is 9.88 Å². The number of nitrogens with zero attached hydrogens (tertiary/aromatic N) is 1. The van der Waals surface area contributed by atoms with Crippen LogP contribution in [0.25, 0.3) is 10.9 Å². The first-order valence-electron chi connectivity index (χ1n) is 7.32. The van der Waals surface area contributed by atoms with Gasteiger partial charge in [0.2, 0.25) is 0 Å². The van der Waals surface area contributed by atoms with Crippen molar-refractivity contribution in [2.75, 3.05) is 20.2 Å². The lowest BCUT2D eigenvalue weighted by atomic mass is 10.1. The van der Waals surface area contributed by atoms with Gasteiger partial charge >= 0.3 is 5.97 Å². The van der Waals surface area contributed by atoms with Crippen LogP contribution < -0.4 is 4.74 Å². The number of fused-ring (bicyclic) bond motifs is 1. The molecule has 1 fully saturated rings. The quantitative estimate of drug-likeness (QED) is 0.888. The SMILES string of the molecule is CN1CCCC1CCOc1ccc2[nH]c(C(=O)O)cc2c1. The van der Waals surface area contributed by atoms with Gasteiger partial charge in [0.15, 0.2) is 0 Å². The van der Waals surface area contributed by atoms with E-state index in [1.165, 1.54) is 19.4 Å². The smallest absolute Gasteiger partial charge is 0.352 e. The highest BCUT2D eigenvalue weighted by molar-refractivity contribution is 5.94. The molecule has 0 radical (unpaired) electrons. The van der Waals surface area contributed by atoms with E-state index in [9.17, 15) is 4.79 Å². The van der Waals surface area contributed by atoms with Crippen LogP contribution in [0.15, 0.2) is 24.3 Å². The van der Waals surface area contributed by atoms with E-state index >= 15 is 0 Å². The lowest BCUT2D eigenvalue weighted by Crippen LogP contribution is -2.26. The highest BCUT2D eigenvalue weighted by atomic mass is 16.5. The van der Waals surface area contributed by atoms with Crippen molar-refractivity contribution in [2.24, 2.45) is 0 Å². The predicted molar refractivity (Wildman–Crippen MR) is 81.0 cm³/mol. The Balaban J connectivity index is 1.63. The zero-order valence-corrected chi connectivity index (χ0v) is 12.1. The molecule has 112 valence electrons. The highest BCUT2D eigenvalue weighted by Crippen LogP contribution is 2.23. The molecule has 2 heterocycles. The van der Waals surface area contributed by atoms with Crippen molar-refractivity contribution >= 4 is 16.9 Å². The van der Waals surface area contributed by atoms with Gasteiger partial charge in [0.05, 0.1) is 6.61 Å². The van der Waals surface area contributed by atoms with Crippen molar-refractivity contribution in [2.45, 2.75) is 25.3 Å². The van der Waals surface area contributed by atoms with Crippen LogP contribution in [-0.4, -0.2) is 47.2 Å². The van der Waals surface area contributed by atoms with Gasteiger partial charge in [0.25, 0.3) is 0 Å². The summed E-state index contributed by atoms with van der Waals surface area (Å²) in [5, 5.41) is 9.84. The van der Waals surface area contributed by atoms with E-state index < -0.39 is 5.97 Å². The Labute approximate surface area is 123 Å². The second-order valence-corrected chi connectivity index (χ2v) is 5.65. The van der Waals surface area contributed by atoms with Crippen molar-refractivity contribution in [3.63, 3.8) is 0 Å². The molecule has 1 atom stereocenters. The molecule has 2 N–H and O–H groups in total. The normalized spacial score (nSPS) is 19.2. The minimum atomic E-state index is -0.946. The molecule has 1 aliphatic rings. The van der Waals surface area contributed by atoms with E-state index in [1.54, 1.807) is 6.07 Å². The van der Waals surface area contributed by atoms with Gasteiger partial charge in [0, 0.05) is 16.9 Å². The minimum Gasteiger partial charge on any atom is -0.494 e. The number of aromatic amines is 1. The number of rotatable bonds is 5. The van der Waals surface area contributed by atoms with Crippen LogP contribution in [0.4, 0.5) is 0 Å². The number of hydrogen-bond donors (Lipinski definition) is 2. The number of benzene rings is 1. The van der Waals surface area contributed by atoms with Crippen LogP contribution >= 0.6 is 0 Å². The number of carbonyl (C=O) groups is 1. The summed E-state index contributed by atoms with van der Waals surface area (Å²) in [6, 6.07) is 7.88. The van der Waals surface area contributed by atoms with E-state index in [0.29, 0.717) is 12.6 Å². The Morgan fingerprint density at radius 2 is 2.33 bits per heavy atom. The monoisotopic (exact) mass is 288 g/mol. The molecule has 2 aromatic rings. The van der Waals surface area contributed by atoms with Crippen LogP contribution in [0.2, 0.25) is 0 Å². The van der Waals surface area contributed by atoms with E-state index in [1.807, 2.05) is 18.2 Å². The molecule has 1 unspecified atom stereocenters. The standard InChI is InChI=1S/C16H20N2O3/c1-18-7-2-3-12(18)6-8-21-13-4-5-14-11(9-13)10-15(17-14)16(19)20/h4-5,9-10,12,17H,2-3,6-8H2,1H3,(H,19,20). The van der Waals surface area contributed by atoms with E-state index in [4.69, 9.17) is 9.84 Å². The molecular formula is C16H20N2O3. The molecule has 5 nitrogen and oxygen atoms in total. The second kappa shape index (κ2) is 5.77. The molecule has 0 bridgehead atoms. The lowest BCUT2D eigenvalue weighted by Gasteiger charge is -2.19.